The molecular weight excluding hydrogens is 643 g/mol. The lowest BCUT2D eigenvalue weighted by Crippen LogP contribution is -2.57. The first-order chi connectivity index (χ1) is 23.3. The molecule has 0 aromatic heterocycles. The highest BCUT2D eigenvalue weighted by atomic mass is 32.2. The molecule has 0 unspecified atom stereocenters. The Bertz CT molecular complexity index is 1700. The first-order valence-corrected chi connectivity index (χ1v) is 19.2. The molecule has 4 aliphatic rings. The molecule has 3 heterocycles. The standard InChI is InChI=1S/C37H49N5O6S/c1-26-25-42(27-14-7-5-8-15-27,39-49(46,47)28-19-20-28)32-18-10-9-16-29(32)34(26)48-38-35(44)31-17-13-23-41(31)36(45)30(37(2,3)4)24-33(43)40-21-11-6-12-22-40/h5,7-10,14-16,18,25,28,30-31,34,39H,6,11-13,17,19-24H2,1-4H3/p+1/t30-,31+,34-,42+/m1/s1. The maximum atomic E-state index is 14.1. The van der Waals surface area contributed by atoms with Crippen LogP contribution in [0.4, 0.5) is 11.4 Å². The Labute approximate surface area is 290 Å². The van der Waals surface area contributed by atoms with Crippen LogP contribution in [0, 0.1) is 11.3 Å². The van der Waals surface area contributed by atoms with Crippen LogP contribution in [0.5, 0.6) is 0 Å². The van der Waals surface area contributed by atoms with Crippen molar-refractivity contribution >= 4 is 39.1 Å². The molecule has 3 aliphatic heterocycles. The molecule has 1 saturated carbocycles. The molecule has 12 heteroatoms. The SMILES string of the molecule is CC1=C[N@+](NS(=O)(=O)C2CC2)(c2ccccc2)c2ccccc2[C@@H]1ONC(=O)[C@@H]1CCCN1C(=O)[C@@H](CC(=O)N1CCCCC1)C(C)(C)C. The summed E-state index contributed by atoms with van der Waals surface area (Å²) < 4.78 is 26.6. The van der Waals surface area contributed by atoms with Gasteiger partial charge in [0.2, 0.25) is 11.8 Å². The number of rotatable bonds is 10. The van der Waals surface area contributed by atoms with Gasteiger partial charge in [0.15, 0.2) is 11.4 Å². The molecule has 264 valence electrons. The van der Waals surface area contributed by atoms with Crippen LogP contribution in [0.1, 0.15) is 90.7 Å². The molecule has 49 heavy (non-hydrogen) atoms. The van der Waals surface area contributed by atoms with E-state index in [0.717, 1.165) is 32.4 Å². The van der Waals surface area contributed by atoms with Gasteiger partial charge < -0.3 is 9.80 Å². The van der Waals surface area contributed by atoms with Gasteiger partial charge in [-0.05, 0) is 68.2 Å². The number of hydroxylamine groups is 1. The molecule has 3 fully saturated rings. The van der Waals surface area contributed by atoms with Gasteiger partial charge in [0.1, 0.15) is 18.3 Å². The van der Waals surface area contributed by atoms with Gasteiger partial charge in [-0.3, -0.25) is 19.2 Å². The molecule has 3 amide bonds. The molecule has 2 aromatic rings. The summed E-state index contributed by atoms with van der Waals surface area (Å²) in [4.78, 5) is 53.8. The van der Waals surface area contributed by atoms with Crippen molar-refractivity contribution in [2.75, 3.05) is 19.6 Å². The van der Waals surface area contributed by atoms with E-state index in [4.69, 9.17) is 4.84 Å². The highest BCUT2D eigenvalue weighted by Gasteiger charge is 2.49. The Morgan fingerprint density at radius 1 is 0.918 bits per heavy atom. The van der Waals surface area contributed by atoms with Crippen molar-refractivity contribution in [2.24, 2.45) is 11.3 Å². The van der Waals surface area contributed by atoms with Gasteiger partial charge in [-0.25, -0.2) is 13.9 Å². The van der Waals surface area contributed by atoms with Crippen LogP contribution < -0.4 is 14.9 Å². The summed E-state index contributed by atoms with van der Waals surface area (Å²) in [7, 11) is -3.65. The third-order valence-corrected chi connectivity index (χ3v) is 12.2. The van der Waals surface area contributed by atoms with Crippen LogP contribution >= 0.6 is 0 Å². The van der Waals surface area contributed by atoms with Gasteiger partial charge in [-0.15, -0.1) is 4.59 Å². The van der Waals surface area contributed by atoms with Crippen LogP contribution in [0.15, 0.2) is 66.4 Å². The van der Waals surface area contributed by atoms with Crippen LogP contribution in [-0.2, 0) is 29.2 Å². The fourth-order valence-electron chi connectivity index (χ4n) is 7.43. The summed E-state index contributed by atoms with van der Waals surface area (Å²) in [6.45, 7) is 9.67. The Balaban J connectivity index is 1.21. The number of sulfonamides is 1. The van der Waals surface area contributed by atoms with Crippen molar-refractivity contribution in [1.29, 1.82) is 0 Å². The monoisotopic (exact) mass is 692 g/mol. The number of nitrogens with one attached hydrogen (secondary N) is 2. The largest absolute Gasteiger partial charge is 0.343 e. The number of fused-ring (bicyclic) bond motifs is 1. The van der Waals surface area contributed by atoms with Gasteiger partial charge >= 0.3 is 0 Å². The zero-order chi connectivity index (χ0) is 35.0. The van der Waals surface area contributed by atoms with E-state index in [9.17, 15) is 22.8 Å². The predicted molar refractivity (Wildman–Crippen MR) is 188 cm³/mol. The second-order valence-corrected chi connectivity index (χ2v) is 17.0. The van der Waals surface area contributed by atoms with Crippen molar-refractivity contribution in [3.05, 3.63) is 71.9 Å². The number of hydrogen-bond donors (Lipinski definition) is 2. The molecule has 0 bridgehead atoms. The van der Waals surface area contributed by atoms with Gasteiger partial charge in [0, 0.05) is 49.8 Å². The molecule has 2 N–H and O–H groups in total. The van der Waals surface area contributed by atoms with E-state index in [1.165, 1.54) is 0 Å². The van der Waals surface area contributed by atoms with Gasteiger partial charge in [0.25, 0.3) is 15.9 Å². The predicted octanol–water partition coefficient (Wildman–Crippen LogP) is 5.38. The van der Waals surface area contributed by atoms with E-state index in [1.807, 2.05) is 93.4 Å². The Hall–Kier alpha value is -3.58. The quantitative estimate of drug-likeness (QED) is 0.255. The summed E-state index contributed by atoms with van der Waals surface area (Å²) in [5.74, 6) is -1.16. The van der Waals surface area contributed by atoms with Crippen molar-refractivity contribution in [2.45, 2.75) is 96.5 Å². The van der Waals surface area contributed by atoms with Crippen LogP contribution in [-0.4, -0.2) is 66.9 Å². The number of benzene rings is 2. The highest BCUT2D eigenvalue weighted by Crippen LogP contribution is 2.47. The molecule has 0 radical (unpaired) electrons. The maximum absolute atomic E-state index is 14.1. The van der Waals surface area contributed by atoms with Crippen molar-refractivity contribution in [3.8, 4) is 0 Å². The Morgan fingerprint density at radius 3 is 2.27 bits per heavy atom. The number of amides is 3. The number of quaternary nitrogens is 1. The summed E-state index contributed by atoms with van der Waals surface area (Å²) in [5, 5.41) is -0.432. The molecule has 0 spiro atoms. The maximum Gasteiger partial charge on any atom is 0.266 e. The third-order valence-electron chi connectivity index (χ3n) is 10.4. The minimum atomic E-state index is -3.65. The summed E-state index contributed by atoms with van der Waals surface area (Å²) in [6.07, 6.45) is 6.74. The number of carbonyl (C=O) groups is 3. The Morgan fingerprint density at radius 2 is 1.59 bits per heavy atom. The molecule has 2 saturated heterocycles. The minimum absolute atomic E-state index is 0.000801. The van der Waals surface area contributed by atoms with E-state index in [0.29, 0.717) is 54.7 Å². The van der Waals surface area contributed by atoms with E-state index in [2.05, 4.69) is 10.3 Å². The molecule has 6 rings (SSSR count). The molecule has 2 aromatic carbocycles. The second kappa shape index (κ2) is 14.0. The zero-order valence-electron chi connectivity index (χ0n) is 29.1. The zero-order valence-corrected chi connectivity index (χ0v) is 29.9. The van der Waals surface area contributed by atoms with Crippen molar-refractivity contribution < 1.29 is 27.6 Å². The topological polar surface area (TPSA) is 125 Å². The van der Waals surface area contributed by atoms with Crippen molar-refractivity contribution in [1.82, 2.24) is 24.7 Å². The van der Waals surface area contributed by atoms with Gasteiger partial charge in [-0.1, -0.05) is 51.1 Å². The van der Waals surface area contributed by atoms with E-state index in [-0.39, 0.29) is 22.8 Å². The number of hydrogen-bond acceptors (Lipinski definition) is 6. The number of likely N-dealkylation sites (tertiary alicyclic amines) is 2. The highest BCUT2D eigenvalue weighted by molar-refractivity contribution is 7.90. The summed E-state index contributed by atoms with van der Waals surface area (Å²) in [6, 6.07) is 16.1. The fraction of sp³-hybridized carbons (Fsp3) is 0.541. The smallest absolute Gasteiger partial charge is 0.266 e. The normalized spacial score (nSPS) is 24.9. The summed E-state index contributed by atoms with van der Waals surface area (Å²) >= 11 is 0. The number of carbonyl (C=O) groups excluding carboxylic acids is 3. The Kier molecular flexibility index (Phi) is 10.1. The van der Waals surface area contributed by atoms with Crippen molar-refractivity contribution in [3.63, 3.8) is 0 Å². The number of piperidine rings is 1. The van der Waals surface area contributed by atoms with Gasteiger partial charge in [-0.2, -0.15) is 0 Å². The average Bonchev–Trinajstić information content (AvgIpc) is 3.84. The van der Waals surface area contributed by atoms with E-state index >= 15 is 0 Å². The molecular formula is C37H50N5O6S+. The molecule has 4 atom stereocenters. The second-order valence-electron chi connectivity index (χ2n) is 15.0. The average molecular weight is 693 g/mol. The minimum Gasteiger partial charge on any atom is -0.343 e. The van der Waals surface area contributed by atoms with Crippen LogP contribution in [0.25, 0.3) is 0 Å². The molecule has 1 aliphatic carbocycles. The first-order valence-electron chi connectivity index (χ1n) is 17.6. The van der Waals surface area contributed by atoms with E-state index < -0.39 is 44.7 Å². The number of para-hydroxylation sites is 2. The lowest BCUT2D eigenvalue weighted by molar-refractivity contribution is -0.152. The fourth-order valence-corrected chi connectivity index (χ4v) is 9.00. The first kappa shape index (κ1) is 35.3. The lowest BCUT2D eigenvalue weighted by Gasteiger charge is -2.39. The number of nitrogens with zero attached hydrogens (tertiary/aromatic N) is 3. The van der Waals surface area contributed by atoms with Crippen LogP contribution in [0.2, 0.25) is 0 Å². The van der Waals surface area contributed by atoms with E-state index in [1.54, 1.807) is 4.90 Å². The third kappa shape index (κ3) is 7.33. The van der Waals surface area contributed by atoms with Gasteiger partial charge in [0.05, 0.1) is 16.7 Å². The lowest BCUT2D eigenvalue weighted by atomic mass is 9.77. The summed E-state index contributed by atoms with van der Waals surface area (Å²) in [5.41, 5.74) is 4.97. The molecule has 11 nitrogen and oxygen atoms in total. The van der Waals surface area contributed by atoms with Crippen LogP contribution in [0.3, 0.4) is 0 Å².